The molecule has 0 bridgehead atoms. The fourth-order valence-electron chi connectivity index (χ4n) is 3.24. The Morgan fingerprint density at radius 2 is 1.67 bits per heavy atom. The van der Waals surface area contributed by atoms with Crippen molar-refractivity contribution in [2.45, 2.75) is 12.4 Å². The molecule has 1 fully saturated rings. The van der Waals surface area contributed by atoms with Gasteiger partial charge in [-0.2, -0.15) is 0 Å². The molecule has 0 spiro atoms. The second-order valence-electron chi connectivity index (χ2n) is 6.19. The molecule has 0 unspecified atom stereocenters. The van der Waals surface area contributed by atoms with Crippen LogP contribution in [0.5, 0.6) is 11.5 Å². The van der Waals surface area contributed by atoms with Crippen LogP contribution in [0.4, 0.5) is 13.2 Å². The maximum Gasteiger partial charge on any atom is 0.573 e. The Hall–Kier alpha value is -1.77. The van der Waals surface area contributed by atoms with Crippen LogP contribution in [0.2, 0.25) is 0 Å². The lowest BCUT2D eigenvalue weighted by atomic mass is 9.96. The molecule has 2 aromatic rings. The predicted octanol–water partition coefficient (Wildman–Crippen LogP) is 4.35. The number of nitrogens with one attached hydrogen (secondary N) is 1. The van der Waals surface area contributed by atoms with Crippen molar-refractivity contribution in [1.29, 1.82) is 0 Å². The van der Waals surface area contributed by atoms with E-state index in [1.54, 1.807) is 19.2 Å². The number of methoxy groups -OCH3 is 1. The van der Waals surface area contributed by atoms with Crippen molar-refractivity contribution in [1.82, 2.24) is 10.2 Å². The Bertz CT molecular complexity index is 763. The van der Waals surface area contributed by atoms with Crippen LogP contribution in [0, 0.1) is 0 Å². The second-order valence-corrected chi connectivity index (χ2v) is 7.05. The summed E-state index contributed by atoms with van der Waals surface area (Å²) in [5, 5.41) is 3.32. The molecule has 0 aliphatic carbocycles. The minimum absolute atomic E-state index is 0.114. The highest BCUT2D eigenvalue weighted by Gasteiger charge is 2.31. The van der Waals surface area contributed by atoms with Crippen molar-refractivity contribution < 1.29 is 22.6 Å². The van der Waals surface area contributed by atoms with E-state index in [4.69, 9.17) is 4.74 Å². The standard InChI is InChI=1S/C19H20BrF3N2O2/c1-26-15-6-7-17(20)16(12-15)18(25-10-8-24-9-11-25)13-2-4-14(5-3-13)27-19(21,22)23/h2-7,12,18,24H,8-11H2,1H3/t18-/m1/s1. The van der Waals surface area contributed by atoms with Crippen LogP contribution in [-0.2, 0) is 0 Å². The summed E-state index contributed by atoms with van der Waals surface area (Å²) in [6, 6.07) is 11.7. The van der Waals surface area contributed by atoms with Crippen molar-refractivity contribution in [2.75, 3.05) is 33.3 Å². The molecule has 1 N–H and O–H groups in total. The third-order valence-corrected chi connectivity index (χ3v) is 5.17. The van der Waals surface area contributed by atoms with Gasteiger partial charge < -0.3 is 14.8 Å². The van der Waals surface area contributed by atoms with Gasteiger partial charge in [-0.25, -0.2) is 0 Å². The van der Waals surface area contributed by atoms with Gasteiger partial charge in [0.2, 0.25) is 0 Å². The summed E-state index contributed by atoms with van der Waals surface area (Å²) in [5.74, 6) is 0.500. The van der Waals surface area contributed by atoms with Gasteiger partial charge in [-0.1, -0.05) is 28.1 Å². The number of ether oxygens (including phenoxy) is 2. The zero-order chi connectivity index (χ0) is 19.4. The first kappa shape index (κ1) is 20.0. The first-order valence-corrected chi connectivity index (χ1v) is 9.30. The molecular formula is C19H20BrF3N2O2. The van der Waals surface area contributed by atoms with Gasteiger partial charge in [-0.3, -0.25) is 4.90 Å². The van der Waals surface area contributed by atoms with E-state index < -0.39 is 6.36 Å². The summed E-state index contributed by atoms with van der Waals surface area (Å²) in [4.78, 5) is 2.30. The molecule has 1 aliphatic rings. The highest BCUT2D eigenvalue weighted by atomic mass is 79.9. The van der Waals surface area contributed by atoms with Crippen molar-refractivity contribution in [2.24, 2.45) is 0 Å². The molecule has 4 nitrogen and oxygen atoms in total. The number of hydrogen-bond acceptors (Lipinski definition) is 4. The Balaban J connectivity index is 1.97. The molecule has 1 aliphatic heterocycles. The van der Waals surface area contributed by atoms with Crippen molar-refractivity contribution >= 4 is 15.9 Å². The first-order valence-electron chi connectivity index (χ1n) is 8.51. The Kier molecular flexibility index (Phi) is 6.29. The zero-order valence-corrected chi connectivity index (χ0v) is 16.3. The third-order valence-electron chi connectivity index (χ3n) is 4.44. The number of alkyl halides is 3. The Labute approximate surface area is 164 Å². The lowest BCUT2D eigenvalue weighted by Gasteiger charge is -2.36. The Morgan fingerprint density at radius 3 is 2.26 bits per heavy atom. The fourth-order valence-corrected chi connectivity index (χ4v) is 3.70. The molecule has 0 radical (unpaired) electrons. The molecular weight excluding hydrogens is 425 g/mol. The molecule has 8 heteroatoms. The van der Waals surface area contributed by atoms with Crippen LogP contribution in [0.1, 0.15) is 17.2 Å². The number of hydrogen-bond donors (Lipinski definition) is 1. The highest BCUT2D eigenvalue weighted by Crippen LogP contribution is 2.37. The molecule has 0 amide bonds. The van der Waals surface area contributed by atoms with Crippen LogP contribution in [0.3, 0.4) is 0 Å². The first-order chi connectivity index (χ1) is 12.9. The molecule has 1 saturated heterocycles. The molecule has 3 rings (SSSR count). The van der Waals surface area contributed by atoms with Crippen LogP contribution < -0.4 is 14.8 Å². The van der Waals surface area contributed by atoms with Gasteiger partial charge in [0.15, 0.2) is 0 Å². The van der Waals surface area contributed by atoms with E-state index in [2.05, 4.69) is 30.9 Å². The monoisotopic (exact) mass is 444 g/mol. The van der Waals surface area contributed by atoms with Gasteiger partial charge in [0.1, 0.15) is 11.5 Å². The number of rotatable bonds is 5. The predicted molar refractivity (Wildman–Crippen MR) is 100 cm³/mol. The van der Waals surface area contributed by atoms with E-state index in [0.717, 1.165) is 47.5 Å². The van der Waals surface area contributed by atoms with E-state index in [1.807, 2.05) is 18.2 Å². The number of nitrogens with zero attached hydrogens (tertiary/aromatic N) is 1. The van der Waals surface area contributed by atoms with E-state index in [1.165, 1.54) is 12.1 Å². The summed E-state index contributed by atoms with van der Waals surface area (Å²) >= 11 is 3.61. The molecule has 27 heavy (non-hydrogen) atoms. The smallest absolute Gasteiger partial charge is 0.497 e. The van der Waals surface area contributed by atoms with Crippen molar-refractivity contribution in [3.8, 4) is 11.5 Å². The van der Waals surface area contributed by atoms with Crippen LogP contribution >= 0.6 is 15.9 Å². The maximum atomic E-state index is 12.4. The number of piperazine rings is 1. The van der Waals surface area contributed by atoms with Crippen LogP contribution in [-0.4, -0.2) is 44.6 Å². The third kappa shape index (κ3) is 5.15. The Morgan fingerprint density at radius 1 is 1.04 bits per heavy atom. The summed E-state index contributed by atoms with van der Waals surface area (Å²) in [5.41, 5.74) is 1.89. The van der Waals surface area contributed by atoms with Gasteiger partial charge in [-0.05, 0) is 41.5 Å². The molecule has 0 aromatic heterocycles. The number of halogens is 4. The van der Waals surface area contributed by atoms with E-state index >= 15 is 0 Å². The van der Waals surface area contributed by atoms with Gasteiger partial charge in [-0.15, -0.1) is 13.2 Å². The molecule has 1 atom stereocenters. The molecule has 146 valence electrons. The summed E-state index contributed by atoms with van der Waals surface area (Å²) in [7, 11) is 1.61. The minimum atomic E-state index is -4.70. The number of benzene rings is 2. The normalized spacial score (nSPS) is 16.8. The lowest BCUT2D eigenvalue weighted by Crippen LogP contribution is -2.45. The maximum absolute atomic E-state index is 12.4. The fraction of sp³-hybridized carbons (Fsp3) is 0.368. The largest absolute Gasteiger partial charge is 0.573 e. The van der Waals surface area contributed by atoms with Crippen molar-refractivity contribution in [3.63, 3.8) is 0 Å². The summed E-state index contributed by atoms with van der Waals surface area (Å²) < 4.78 is 47.6. The van der Waals surface area contributed by atoms with Gasteiger partial charge in [0.05, 0.1) is 13.2 Å². The minimum Gasteiger partial charge on any atom is -0.497 e. The van der Waals surface area contributed by atoms with E-state index in [-0.39, 0.29) is 11.8 Å². The average Bonchev–Trinajstić information content (AvgIpc) is 2.64. The average molecular weight is 445 g/mol. The van der Waals surface area contributed by atoms with Gasteiger partial charge in [0.25, 0.3) is 0 Å². The summed E-state index contributed by atoms with van der Waals surface area (Å²) in [6.07, 6.45) is -4.70. The SMILES string of the molecule is COc1ccc(Br)c([C@@H](c2ccc(OC(F)(F)F)cc2)N2CCNCC2)c1. The van der Waals surface area contributed by atoms with Crippen LogP contribution in [0.25, 0.3) is 0 Å². The lowest BCUT2D eigenvalue weighted by molar-refractivity contribution is -0.274. The molecule has 2 aromatic carbocycles. The summed E-state index contributed by atoms with van der Waals surface area (Å²) in [6.45, 7) is 3.37. The van der Waals surface area contributed by atoms with Crippen LogP contribution in [0.15, 0.2) is 46.9 Å². The van der Waals surface area contributed by atoms with Gasteiger partial charge in [0, 0.05) is 30.7 Å². The molecule has 0 saturated carbocycles. The van der Waals surface area contributed by atoms with E-state index in [9.17, 15) is 13.2 Å². The second kappa shape index (κ2) is 8.50. The van der Waals surface area contributed by atoms with Crippen molar-refractivity contribution in [3.05, 3.63) is 58.1 Å². The zero-order valence-electron chi connectivity index (χ0n) is 14.7. The highest BCUT2D eigenvalue weighted by molar-refractivity contribution is 9.10. The van der Waals surface area contributed by atoms with Gasteiger partial charge >= 0.3 is 6.36 Å². The molecule has 1 heterocycles. The quantitative estimate of drug-likeness (QED) is 0.742. The topological polar surface area (TPSA) is 33.7 Å². The van der Waals surface area contributed by atoms with E-state index in [0.29, 0.717) is 0 Å².